The monoisotopic (exact) mass is 242 g/mol. The summed E-state index contributed by atoms with van der Waals surface area (Å²) in [7, 11) is 0. The lowest BCUT2D eigenvalue weighted by Gasteiger charge is -2.15. The second-order valence-electron chi connectivity index (χ2n) is 4.68. The molecule has 1 aliphatic rings. The van der Waals surface area contributed by atoms with E-state index >= 15 is 0 Å². The van der Waals surface area contributed by atoms with E-state index in [4.69, 9.17) is 5.11 Å². The molecule has 1 rings (SSSR count). The minimum Gasteiger partial charge on any atom is -0.481 e. The largest absolute Gasteiger partial charge is 0.481 e. The highest BCUT2D eigenvalue weighted by atomic mass is 16.4. The summed E-state index contributed by atoms with van der Waals surface area (Å²) in [6, 6.07) is -0.630. The van der Waals surface area contributed by atoms with E-state index in [2.05, 4.69) is 10.6 Å². The molecular formula is C11H18N2O4. The molecular weight excluding hydrogens is 224 g/mol. The molecule has 6 nitrogen and oxygen atoms in total. The van der Waals surface area contributed by atoms with Crippen molar-refractivity contribution < 1.29 is 19.5 Å². The van der Waals surface area contributed by atoms with Gasteiger partial charge in [0.15, 0.2) is 0 Å². The first-order valence-electron chi connectivity index (χ1n) is 5.66. The van der Waals surface area contributed by atoms with Crippen LogP contribution < -0.4 is 10.6 Å². The lowest BCUT2D eigenvalue weighted by Crippen LogP contribution is -2.47. The van der Waals surface area contributed by atoms with Crippen molar-refractivity contribution in [2.45, 2.75) is 39.3 Å². The highest BCUT2D eigenvalue weighted by Crippen LogP contribution is 2.38. The lowest BCUT2D eigenvalue weighted by molar-refractivity contribution is -0.140. The minimum absolute atomic E-state index is 0.00884. The molecule has 0 spiro atoms. The Labute approximate surface area is 99.8 Å². The number of hydrogen-bond acceptors (Lipinski definition) is 3. The van der Waals surface area contributed by atoms with Crippen LogP contribution >= 0.6 is 0 Å². The van der Waals surface area contributed by atoms with Gasteiger partial charge in [0.05, 0.1) is 11.8 Å². The fraction of sp³-hybridized carbons (Fsp3) is 0.727. The fourth-order valence-electron chi connectivity index (χ4n) is 1.55. The van der Waals surface area contributed by atoms with Gasteiger partial charge in [-0.2, -0.15) is 0 Å². The Bertz CT molecular complexity index is 340. The second-order valence-corrected chi connectivity index (χ2v) is 4.68. The zero-order valence-electron chi connectivity index (χ0n) is 10.2. The van der Waals surface area contributed by atoms with E-state index in [9.17, 15) is 14.4 Å². The molecule has 2 amide bonds. The van der Waals surface area contributed by atoms with Gasteiger partial charge in [-0.25, -0.2) is 0 Å². The third-order valence-corrected chi connectivity index (χ3v) is 2.63. The molecule has 1 aliphatic carbocycles. The molecule has 0 heterocycles. The summed E-state index contributed by atoms with van der Waals surface area (Å²) in [5.41, 5.74) is 0. The van der Waals surface area contributed by atoms with Crippen molar-refractivity contribution in [3.8, 4) is 0 Å². The van der Waals surface area contributed by atoms with Gasteiger partial charge in [0.25, 0.3) is 0 Å². The van der Waals surface area contributed by atoms with Gasteiger partial charge in [-0.15, -0.1) is 0 Å². The van der Waals surface area contributed by atoms with Crippen LogP contribution in [0.2, 0.25) is 0 Å². The Kier molecular flexibility index (Phi) is 4.09. The summed E-state index contributed by atoms with van der Waals surface area (Å²) >= 11 is 0. The fourth-order valence-corrected chi connectivity index (χ4v) is 1.55. The Morgan fingerprint density at radius 1 is 1.12 bits per heavy atom. The van der Waals surface area contributed by atoms with Crippen molar-refractivity contribution in [3.05, 3.63) is 0 Å². The van der Waals surface area contributed by atoms with Crippen LogP contribution in [0.3, 0.4) is 0 Å². The first-order valence-corrected chi connectivity index (χ1v) is 5.66. The molecule has 3 atom stereocenters. The highest BCUT2D eigenvalue weighted by molar-refractivity contribution is 5.93. The second kappa shape index (κ2) is 5.16. The van der Waals surface area contributed by atoms with Crippen LogP contribution in [0.15, 0.2) is 0 Å². The van der Waals surface area contributed by atoms with E-state index in [-0.39, 0.29) is 17.9 Å². The van der Waals surface area contributed by atoms with E-state index in [1.54, 1.807) is 6.92 Å². The Morgan fingerprint density at radius 3 is 2.12 bits per heavy atom. The van der Waals surface area contributed by atoms with Crippen molar-refractivity contribution in [1.29, 1.82) is 0 Å². The number of hydrogen-bond donors (Lipinski definition) is 3. The Morgan fingerprint density at radius 2 is 1.71 bits per heavy atom. The summed E-state index contributed by atoms with van der Waals surface area (Å²) in [4.78, 5) is 33.7. The van der Waals surface area contributed by atoms with Crippen molar-refractivity contribution >= 4 is 17.8 Å². The third-order valence-electron chi connectivity index (χ3n) is 2.63. The van der Waals surface area contributed by atoms with E-state index in [1.807, 2.05) is 13.8 Å². The van der Waals surface area contributed by atoms with Crippen molar-refractivity contribution in [2.24, 2.45) is 11.8 Å². The number of nitrogens with one attached hydrogen (secondary N) is 2. The standard InChI is InChI=1S/C11H18N2O4/c1-5(2)12-9(14)6(3)13-10(15)7-4-8(7)11(16)17/h5-8H,4H2,1-3H3,(H,12,14)(H,13,15)(H,16,17)/t6?,7-,8+/m1/s1. The van der Waals surface area contributed by atoms with Gasteiger partial charge in [0.1, 0.15) is 6.04 Å². The maximum atomic E-state index is 11.6. The van der Waals surface area contributed by atoms with Crippen molar-refractivity contribution in [1.82, 2.24) is 10.6 Å². The molecule has 0 aromatic rings. The van der Waals surface area contributed by atoms with Crippen LogP contribution in [0.5, 0.6) is 0 Å². The molecule has 6 heteroatoms. The molecule has 0 aromatic heterocycles. The van der Waals surface area contributed by atoms with Gasteiger partial charge in [-0.3, -0.25) is 14.4 Å². The average Bonchev–Trinajstić information content (AvgIpc) is 2.95. The topological polar surface area (TPSA) is 95.5 Å². The van der Waals surface area contributed by atoms with Crippen LogP contribution in [-0.4, -0.2) is 35.0 Å². The zero-order chi connectivity index (χ0) is 13.2. The summed E-state index contributed by atoms with van der Waals surface area (Å²) in [6.45, 7) is 5.23. The number of carbonyl (C=O) groups is 3. The maximum absolute atomic E-state index is 11.6. The van der Waals surface area contributed by atoms with E-state index in [0.29, 0.717) is 6.42 Å². The summed E-state index contributed by atoms with van der Waals surface area (Å²) < 4.78 is 0. The summed E-state index contributed by atoms with van der Waals surface area (Å²) in [5, 5.41) is 13.9. The molecule has 17 heavy (non-hydrogen) atoms. The van der Waals surface area contributed by atoms with E-state index < -0.39 is 23.8 Å². The molecule has 1 saturated carbocycles. The van der Waals surface area contributed by atoms with Gasteiger partial charge >= 0.3 is 5.97 Å². The first kappa shape index (κ1) is 13.5. The number of carboxylic acids is 1. The van der Waals surface area contributed by atoms with E-state index in [0.717, 1.165) is 0 Å². The number of carbonyl (C=O) groups excluding carboxylic acids is 2. The van der Waals surface area contributed by atoms with Gasteiger partial charge in [0.2, 0.25) is 11.8 Å². The predicted molar refractivity (Wildman–Crippen MR) is 60.1 cm³/mol. The molecule has 0 aliphatic heterocycles. The lowest BCUT2D eigenvalue weighted by atomic mass is 10.2. The molecule has 0 aromatic carbocycles. The minimum atomic E-state index is -0.954. The van der Waals surface area contributed by atoms with Crippen molar-refractivity contribution in [2.75, 3.05) is 0 Å². The molecule has 0 saturated heterocycles. The summed E-state index contributed by atoms with van der Waals surface area (Å²) in [5.74, 6) is -2.65. The number of rotatable bonds is 5. The predicted octanol–water partition coefficient (Wildman–Crippen LogP) is -0.264. The Hall–Kier alpha value is -1.59. The normalized spacial score (nSPS) is 24.0. The molecule has 1 unspecified atom stereocenters. The third kappa shape index (κ3) is 3.72. The zero-order valence-corrected chi connectivity index (χ0v) is 10.2. The molecule has 1 fully saturated rings. The SMILES string of the molecule is CC(C)NC(=O)C(C)NC(=O)[C@@H]1C[C@@H]1C(=O)O. The van der Waals surface area contributed by atoms with Crippen LogP contribution in [0.1, 0.15) is 27.2 Å². The van der Waals surface area contributed by atoms with E-state index in [1.165, 1.54) is 0 Å². The maximum Gasteiger partial charge on any atom is 0.307 e. The Balaban J connectivity index is 2.37. The van der Waals surface area contributed by atoms with Gasteiger partial charge < -0.3 is 15.7 Å². The highest BCUT2D eigenvalue weighted by Gasteiger charge is 2.48. The smallest absolute Gasteiger partial charge is 0.307 e. The number of aliphatic carboxylic acids is 1. The molecule has 96 valence electrons. The quantitative estimate of drug-likeness (QED) is 0.618. The van der Waals surface area contributed by atoms with Crippen LogP contribution in [-0.2, 0) is 14.4 Å². The van der Waals surface area contributed by atoms with Gasteiger partial charge in [0, 0.05) is 6.04 Å². The number of amides is 2. The first-order chi connectivity index (χ1) is 7.82. The molecule has 0 bridgehead atoms. The average molecular weight is 242 g/mol. The van der Waals surface area contributed by atoms with Crippen LogP contribution in [0.4, 0.5) is 0 Å². The van der Waals surface area contributed by atoms with Gasteiger partial charge in [-0.05, 0) is 27.2 Å². The summed E-state index contributed by atoms with van der Waals surface area (Å²) in [6.07, 6.45) is 0.361. The van der Waals surface area contributed by atoms with Crippen LogP contribution in [0.25, 0.3) is 0 Å². The van der Waals surface area contributed by atoms with Crippen LogP contribution in [0, 0.1) is 11.8 Å². The van der Waals surface area contributed by atoms with Gasteiger partial charge in [-0.1, -0.05) is 0 Å². The van der Waals surface area contributed by atoms with Crippen molar-refractivity contribution in [3.63, 3.8) is 0 Å². The molecule has 0 radical (unpaired) electrons. The molecule has 3 N–H and O–H groups in total. The number of carboxylic acid groups (broad SMARTS) is 1.